The first kappa shape index (κ1) is 23.2. The minimum Gasteiger partial charge on any atom is -0.478 e. The quantitative estimate of drug-likeness (QED) is 0.355. The fourth-order valence-corrected chi connectivity index (χ4v) is 5.09. The molecule has 35 heavy (non-hydrogen) atoms. The zero-order valence-corrected chi connectivity index (χ0v) is 19.9. The molecule has 0 spiro atoms. The molecule has 1 saturated heterocycles. The van der Waals surface area contributed by atoms with Gasteiger partial charge < -0.3 is 10.4 Å². The summed E-state index contributed by atoms with van der Waals surface area (Å²) in [5.41, 5.74) is 4.85. The zero-order valence-electron chi connectivity index (χ0n) is 19.9. The second-order valence-electron chi connectivity index (χ2n) is 9.34. The number of rotatable bonds is 8. The van der Waals surface area contributed by atoms with Crippen LogP contribution in [0.3, 0.4) is 0 Å². The Balaban J connectivity index is 1.30. The highest BCUT2D eigenvalue weighted by Crippen LogP contribution is 2.30. The lowest BCUT2D eigenvalue weighted by molar-refractivity contribution is 0.0697. The third kappa shape index (κ3) is 5.42. The van der Waals surface area contributed by atoms with E-state index in [0.29, 0.717) is 28.9 Å². The van der Waals surface area contributed by atoms with Crippen molar-refractivity contribution in [3.8, 4) is 11.3 Å². The molecule has 0 aliphatic carbocycles. The van der Waals surface area contributed by atoms with E-state index in [1.54, 1.807) is 0 Å². The molecular weight excluding hydrogens is 434 g/mol. The molecule has 1 fully saturated rings. The van der Waals surface area contributed by atoms with E-state index in [2.05, 4.69) is 40.5 Å². The van der Waals surface area contributed by atoms with Gasteiger partial charge in [-0.25, -0.2) is 9.78 Å². The van der Waals surface area contributed by atoms with Crippen LogP contribution in [0.25, 0.3) is 22.2 Å². The van der Waals surface area contributed by atoms with Crippen molar-refractivity contribution in [2.24, 2.45) is 5.92 Å². The summed E-state index contributed by atoms with van der Waals surface area (Å²) < 4.78 is 0. The van der Waals surface area contributed by atoms with E-state index >= 15 is 0 Å². The summed E-state index contributed by atoms with van der Waals surface area (Å²) in [6.07, 6.45) is 2.29. The first-order valence-corrected chi connectivity index (χ1v) is 12.4. The van der Waals surface area contributed by atoms with Crippen LogP contribution in [0.1, 0.15) is 34.3 Å². The van der Waals surface area contributed by atoms with Gasteiger partial charge in [0.05, 0.1) is 16.8 Å². The number of benzene rings is 3. The van der Waals surface area contributed by atoms with Crippen molar-refractivity contribution < 1.29 is 9.90 Å². The molecule has 2 N–H and O–H groups in total. The van der Waals surface area contributed by atoms with Crippen molar-refractivity contribution in [2.45, 2.75) is 25.9 Å². The Kier molecular flexibility index (Phi) is 7.17. The van der Waals surface area contributed by atoms with E-state index in [4.69, 9.17) is 4.98 Å². The number of carbonyl (C=O) groups is 1. The van der Waals surface area contributed by atoms with E-state index < -0.39 is 5.97 Å². The summed E-state index contributed by atoms with van der Waals surface area (Å²) in [4.78, 5) is 19.8. The molecule has 1 aromatic heterocycles. The highest BCUT2D eigenvalue weighted by Gasteiger charge is 2.22. The molecule has 2 heterocycles. The number of nitrogens with zero attached hydrogens (tertiary/aromatic N) is 2. The van der Waals surface area contributed by atoms with Crippen LogP contribution < -0.4 is 5.32 Å². The minimum atomic E-state index is -0.910. The topological polar surface area (TPSA) is 65.5 Å². The zero-order chi connectivity index (χ0) is 24.0. The Morgan fingerprint density at radius 2 is 1.57 bits per heavy atom. The van der Waals surface area contributed by atoms with Gasteiger partial charge in [0.2, 0.25) is 0 Å². The van der Waals surface area contributed by atoms with Crippen LogP contribution in [0.2, 0.25) is 0 Å². The Bertz CT molecular complexity index is 1280. The first-order chi connectivity index (χ1) is 17.2. The maximum Gasteiger partial charge on any atom is 0.336 e. The van der Waals surface area contributed by atoms with Gasteiger partial charge in [-0.15, -0.1) is 0 Å². The Morgan fingerprint density at radius 3 is 2.29 bits per heavy atom. The largest absolute Gasteiger partial charge is 0.478 e. The summed E-state index contributed by atoms with van der Waals surface area (Å²) in [7, 11) is 0. The fourth-order valence-electron chi connectivity index (χ4n) is 5.09. The summed E-state index contributed by atoms with van der Waals surface area (Å²) >= 11 is 0. The van der Waals surface area contributed by atoms with Crippen LogP contribution in [0.15, 0.2) is 84.9 Å². The number of carboxylic acids is 1. The molecule has 4 aromatic rings. The number of hydrogen-bond acceptors (Lipinski definition) is 4. The number of para-hydroxylation sites is 1. The smallest absolute Gasteiger partial charge is 0.336 e. The first-order valence-electron chi connectivity index (χ1n) is 12.4. The molecule has 0 radical (unpaired) electrons. The lowest BCUT2D eigenvalue weighted by Gasteiger charge is -2.32. The number of aromatic nitrogens is 1. The summed E-state index contributed by atoms with van der Waals surface area (Å²) in [6, 6.07) is 28.0. The third-order valence-corrected chi connectivity index (χ3v) is 6.95. The van der Waals surface area contributed by atoms with E-state index in [-0.39, 0.29) is 0 Å². The van der Waals surface area contributed by atoms with Crippen molar-refractivity contribution >= 4 is 16.9 Å². The van der Waals surface area contributed by atoms with Gasteiger partial charge in [0, 0.05) is 29.6 Å². The summed E-state index contributed by atoms with van der Waals surface area (Å²) in [5.74, 6) is -0.323. The fraction of sp³-hybridized carbons (Fsp3) is 0.267. The highest BCUT2D eigenvalue weighted by atomic mass is 16.4. The molecule has 0 bridgehead atoms. The maximum absolute atomic E-state index is 12.4. The SMILES string of the molecule is O=C(O)c1c(CNCC2CCN(Cc3ccccc3)CC2)c(-c2ccccc2)nc2ccccc12. The second kappa shape index (κ2) is 10.8. The summed E-state index contributed by atoms with van der Waals surface area (Å²) in [6.45, 7) is 4.54. The molecule has 178 valence electrons. The van der Waals surface area contributed by atoms with Gasteiger partial charge in [-0.2, -0.15) is 0 Å². The molecule has 3 aromatic carbocycles. The molecule has 0 amide bonds. The number of piperidine rings is 1. The predicted molar refractivity (Wildman–Crippen MR) is 140 cm³/mol. The molecule has 1 aliphatic heterocycles. The van der Waals surface area contributed by atoms with Gasteiger partial charge in [0.1, 0.15) is 0 Å². The number of pyridine rings is 1. The van der Waals surface area contributed by atoms with Gasteiger partial charge in [-0.05, 0) is 50.0 Å². The van der Waals surface area contributed by atoms with Gasteiger partial charge in [-0.3, -0.25) is 4.90 Å². The molecule has 1 aliphatic rings. The van der Waals surface area contributed by atoms with Gasteiger partial charge in [0.25, 0.3) is 0 Å². The summed E-state index contributed by atoms with van der Waals surface area (Å²) in [5, 5.41) is 14.4. The van der Waals surface area contributed by atoms with Crippen molar-refractivity contribution in [3.63, 3.8) is 0 Å². The normalized spacial score (nSPS) is 14.9. The van der Waals surface area contributed by atoms with Crippen molar-refractivity contribution in [3.05, 3.63) is 102 Å². The van der Waals surface area contributed by atoms with Crippen LogP contribution in [0.4, 0.5) is 0 Å². The number of nitrogens with one attached hydrogen (secondary N) is 1. The van der Waals surface area contributed by atoms with Gasteiger partial charge in [0.15, 0.2) is 0 Å². The standard InChI is InChI=1S/C30H31N3O2/c34-30(35)28-25-13-7-8-14-27(25)32-29(24-11-5-2-6-12-24)26(28)20-31-19-22-15-17-33(18-16-22)21-23-9-3-1-4-10-23/h1-14,22,31H,15-21H2,(H,34,35). The second-order valence-corrected chi connectivity index (χ2v) is 9.34. The van der Waals surface area contributed by atoms with Crippen LogP contribution in [-0.2, 0) is 13.1 Å². The lowest BCUT2D eigenvalue weighted by Crippen LogP contribution is -2.37. The molecule has 5 rings (SSSR count). The number of likely N-dealkylation sites (tertiary alicyclic amines) is 1. The molecule has 0 atom stereocenters. The monoisotopic (exact) mass is 465 g/mol. The Labute approximate surface area is 206 Å². The van der Waals surface area contributed by atoms with Gasteiger partial charge >= 0.3 is 5.97 Å². The van der Waals surface area contributed by atoms with E-state index in [1.165, 1.54) is 5.56 Å². The van der Waals surface area contributed by atoms with Crippen molar-refractivity contribution in [2.75, 3.05) is 19.6 Å². The molecular formula is C30H31N3O2. The number of fused-ring (bicyclic) bond motifs is 1. The van der Waals surface area contributed by atoms with Gasteiger partial charge in [-0.1, -0.05) is 78.9 Å². The molecule has 0 unspecified atom stereocenters. The van der Waals surface area contributed by atoms with E-state index in [1.807, 2.05) is 54.6 Å². The highest BCUT2D eigenvalue weighted by molar-refractivity contribution is 6.05. The maximum atomic E-state index is 12.4. The van der Waals surface area contributed by atoms with Crippen LogP contribution >= 0.6 is 0 Å². The van der Waals surface area contributed by atoms with Crippen molar-refractivity contribution in [1.82, 2.24) is 15.2 Å². The molecule has 5 heteroatoms. The number of carboxylic acid groups (broad SMARTS) is 1. The van der Waals surface area contributed by atoms with E-state index in [9.17, 15) is 9.90 Å². The Hall–Kier alpha value is -3.54. The van der Waals surface area contributed by atoms with Crippen molar-refractivity contribution in [1.29, 1.82) is 0 Å². The third-order valence-electron chi connectivity index (χ3n) is 6.95. The molecule has 0 saturated carbocycles. The van der Waals surface area contributed by atoms with E-state index in [0.717, 1.165) is 55.8 Å². The molecule has 5 nitrogen and oxygen atoms in total. The predicted octanol–water partition coefficient (Wildman–Crippen LogP) is 5.60. The Morgan fingerprint density at radius 1 is 0.914 bits per heavy atom. The number of hydrogen-bond donors (Lipinski definition) is 2. The van der Waals surface area contributed by atoms with Crippen LogP contribution in [-0.4, -0.2) is 40.6 Å². The minimum absolute atomic E-state index is 0.347. The van der Waals surface area contributed by atoms with Crippen LogP contribution in [0.5, 0.6) is 0 Å². The lowest BCUT2D eigenvalue weighted by atomic mass is 9.94. The average Bonchev–Trinajstić information content (AvgIpc) is 2.90. The number of aromatic carboxylic acids is 1. The average molecular weight is 466 g/mol. The van der Waals surface area contributed by atoms with Crippen LogP contribution in [0, 0.1) is 5.92 Å².